The number of aromatic nitrogens is 1. The number of thiazole rings is 1. The third-order valence-corrected chi connectivity index (χ3v) is 4.81. The van der Waals surface area contributed by atoms with Gasteiger partial charge in [0, 0.05) is 22.0 Å². The Bertz CT molecular complexity index is 984. The van der Waals surface area contributed by atoms with E-state index in [-0.39, 0.29) is 6.61 Å². The van der Waals surface area contributed by atoms with Crippen molar-refractivity contribution in [1.29, 1.82) is 0 Å². The monoisotopic (exact) mass is 401 g/mol. The van der Waals surface area contributed by atoms with E-state index in [0.717, 1.165) is 22.3 Å². The number of aliphatic carboxylic acids is 1. The van der Waals surface area contributed by atoms with Crippen molar-refractivity contribution in [1.82, 2.24) is 4.98 Å². The van der Waals surface area contributed by atoms with Gasteiger partial charge in [0.05, 0.1) is 12.8 Å². The molecule has 0 amide bonds. The highest BCUT2D eigenvalue weighted by Crippen LogP contribution is 2.31. The second-order valence-corrected chi connectivity index (χ2v) is 6.83. The maximum atomic E-state index is 10.7. The molecule has 0 saturated carbocycles. The molecule has 2 aromatic carbocycles. The normalized spacial score (nSPS) is 10.9. The largest absolute Gasteiger partial charge is 0.493 e. The minimum Gasteiger partial charge on any atom is -0.493 e. The Morgan fingerprint density at radius 2 is 2.07 bits per heavy atom. The molecule has 138 valence electrons. The number of carboxylic acid groups (broad SMARTS) is 1. The average molecular weight is 402 g/mol. The van der Waals surface area contributed by atoms with Crippen LogP contribution in [0.15, 0.2) is 53.9 Å². The van der Waals surface area contributed by atoms with E-state index in [9.17, 15) is 4.79 Å². The fraction of sp³-hybridized carbons (Fsp3) is 0.100. The third kappa shape index (κ3) is 4.87. The smallest absolute Gasteiger partial charge is 0.328 e. The molecule has 7 heteroatoms. The van der Waals surface area contributed by atoms with Crippen LogP contribution in [0.1, 0.15) is 10.6 Å². The molecule has 27 heavy (non-hydrogen) atoms. The molecule has 0 atom stereocenters. The van der Waals surface area contributed by atoms with Gasteiger partial charge in [0.2, 0.25) is 0 Å². The van der Waals surface area contributed by atoms with Gasteiger partial charge < -0.3 is 14.6 Å². The van der Waals surface area contributed by atoms with Gasteiger partial charge in [0.1, 0.15) is 11.6 Å². The number of hydrogen-bond donors (Lipinski definition) is 1. The van der Waals surface area contributed by atoms with Crippen molar-refractivity contribution in [3.63, 3.8) is 0 Å². The number of carbonyl (C=O) groups is 1. The molecule has 1 heterocycles. The van der Waals surface area contributed by atoms with E-state index in [0.29, 0.717) is 22.1 Å². The summed E-state index contributed by atoms with van der Waals surface area (Å²) in [6.45, 7) is 0.261. The van der Waals surface area contributed by atoms with E-state index in [1.54, 1.807) is 25.3 Å². The second-order valence-electron chi connectivity index (χ2n) is 5.48. The number of methoxy groups -OCH3 is 1. The highest BCUT2D eigenvalue weighted by molar-refractivity contribution is 7.09. The Balaban J connectivity index is 1.76. The van der Waals surface area contributed by atoms with Crippen LogP contribution in [-0.2, 0) is 11.4 Å². The van der Waals surface area contributed by atoms with Gasteiger partial charge in [-0.15, -0.1) is 11.3 Å². The first-order valence-electron chi connectivity index (χ1n) is 7.98. The molecule has 3 aromatic rings. The molecule has 1 aromatic heterocycles. The maximum absolute atomic E-state index is 10.7. The van der Waals surface area contributed by atoms with Crippen molar-refractivity contribution in [3.05, 3.63) is 69.5 Å². The second kappa shape index (κ2) is 8.70. The van der Waals surface area contributed by atoms with Crippen LogP contribution in [0.2, 0.25) is 5.02 Å². The number of nitrogens with zero attached hydrogens (tertiary/aromatic N) is 1. The van der Waals surface area contributed by atoms with E-state index in [1.807, 2.05) is 29.6 Å². The average Bonchev–Trinajstić information content (AvgIpc) is 3.14. The molecule has 0 unspecified atom stereocenters. The SMILES string of the molecule is COc1ccc(C=CC(=O)O)cc1OCc1nc(-c2ccccc2Cl)cs1. The van der Waals surface area contributed by atoms with Crippen molar-refractivity contribution in [3.8, 4) is 22.8 Å². The summed E-state index contributed by atoms with van der Waals surface area (Å²) in [7, 11) is 1.55. The lowest BCUT2D eigenvalue weighted by molar-refractivity contribution is -0.131. The van der Waals surface area contributed by atoms with E-state index < -0.39 is 5.97 Å². The molecule has 0 aliphatic rings. The number of halogens is 1. The molecule has 5 nitrogen and oxygen atoms in total. The summed E-state index contributed by atoms with van der Waals surface area (Å²) in [6.07, 6.45) is 2.57. The van der Waals surface area contributed by atoms with Crippen LogP contribution in [0.4, 0.5) is 0 Å². The number of ether oxygens (including phenoxy) is 2. The molecule has 0 saturated heterocycles. The summed E-state index contributed by atoms with van der Waals surface area (Å²) >= 11 is 7.70. The minimum atomic E-state index is -1.01. The Kier molecular flexibility index (Phi) is 6.11. The number of benzene rings is 2. The molecule has 0 spiro atoms. The molecular weight excluding hydrogens is 386 g/mol. The number of hydrogen-bond acceptors (Lipinski definition) is 5. The molecule has 0 aliphatic heterocycles. The third-order valence-electron chi connectivity index (χ3n) is 3.66. The maximum Gasteiger partial charge on any atom is 0.328 e. The van der Waals surface area contributed by atoms with Crippen molar-refractivity contribution in [2.45, 2.75) is 6.61 Å². The van der Waals surface area contributed by atoms with Crippen LogP contribution >= 0.6 is 22.9 Å². The summed E-state index contributed by atoms with van der Waals surface area (Å²) in [6, 6.07) is 12.7. The van der Waals surface area contributed by atoms with E-state index in [2.05, 4.69) is 4.98 Å². The van der Waals surface area contributed by atoms with Gasteiger partial charge in [-0.2, -0.15) is 0 Å². The highest BCUT2D eigenvalue weighted by Gasteiger charge is 2.10. The Hall–Kier alpha value is -2.83. The zero-order chi connectivity index (χ0) is 19.2. The van der Waals surface area contributed by atoms with Crippen LogP contribution in [-0.4, -0.2) is 23.2 Å². The summed E-state index contributed by atoms with van der Waals surface area (Å²) in [4.78, 5) is 15.2. The van der Waals surface area contributed by atoms with Gasteiger partial charge in [-0.3, -0.25) is 0 Å². The fourth-order valence-electron chi connectivity index (χ4n) is 2.39. The quantitative estimate of drug-likeness (QED) is 0.554. The van der Waals surface area contributed by atoms with Crippen LogP contribution in [0.3, 0.4) is 0 Å². The molecule has 0 aliphatic carbocycles. The Morgan fingerprint density at radius 1 is 1.26 bits per heavy atom. The first-order valence-corrected chi connectivity index (χ1v) is 9.23. The lowest BCUT2D eigenvalue weighted by Gasteiger charge is -2.10. The minimum absolute atomic E-state index is 0.261. The summed E-state index contributed by atoms with van der Waals surface area (Å²) in [5.74, 6) is 0.0630. The summed E-state index contributed by atoms with van der Waals surface area (Å²) < 4.78 is 11.2. The summed E-state index contributed by atoms with van der Waals surface area (Å²) in [5.41, 5.74) is 2.37. The van der Waals surface area contributed by atoms with Crippen molar-refractivity contribution in [2.24, 2.45) is 0 Å². The predicted octanol–water partition coefficient (Wildman–Crippen LogP) is 5.15. The van der Waals surface area contributed by atoms with Gasteiger partial charge in [-0.25, -0.2) is 9.78 Å². The van der Waals surface area contributed by atoms with Crippen LogP contribution in [0.5, 0.6) is 11.5 Å². The Morgan fingerprint density at radius 3 is 2.81 bits per heavy atom. The first-order chi connectivity index (χ1) is 13.1. The number of rotatable bonds is 7. The van der Waals surface area contributed by atoms with Gasteiger partial charge >= 0.3 is 5.97 Å². The lowest BCUT2D eigenvalue weighted by atomic mass is 10.2. The molecule has 3 rings (SSSR count). The summed E-state index contributed by atoms with van der Waals surface area (Å²) in [5, 5.41) is 12.1. The first kappa shape index (κ1) is 18.9. The van der Waals surface area contributed by atoms with Gasteiger partial charge in [-0.05, 0) is 29.8 Å². The van der Waals surface area contributed by atoms with E-state index in [4.69, 9.17) is 26.2 Å². The zero-order valence-electron chi connectivity index (χ0n) is 14.4. The predicted molar refractivity (Wildman–Crippen MR) is 107 cm³/mol. The van der Waals surface area contributed by atoms with Crippen LogP contribution in [0.25, 0.3) is 17.3 Å². The molecule has 0 radical (unpaired) electrons. The van der Waals surface area contributed by atoms with E-state index in [1.165, 1.54) is 17.4 Å². The van der Waals surface area contributed by atoms with Gasteiger partial charge in [0.25, 0.3) is 0 Å². The molecular formula is C20H16ClNO4S. The Labute approximate surface area is 165 Å². The van der Waals surface area contributed by atoms with Crippen molar-refractivity contribution >= 4 is 35.0 Å². The van der Waals surface area contributed by atoms with Crippen LogP contribution in [0, 0.1) is 0 Å². The molecule has 0 bridgehead atoms. The lowest BCUT2D eigenvalue weighted by Crippen LogP contribution is -1.98. The highest BCUT2D eigenvalue weighted by atomic mass is 35.5. The number of carboxylic acids is 1. The van der Waals surface area contributed by atoms with Gasteiger partial charge in [0.15, 0.2) is 11.5 Å². The van der Waals surface area contributed by atoms with Crippen molar-refractivity contribution < 1.29 is 19.4 Å². The molecule has 0 fully saturated rings. The molecule has 1 N–H and O–H groups in total. The van der Waals surface area contributed by atoms with Crippen molar-refractivity contribution in [2.75, 3.05) is 7.11 Å². The fourth-order valence-corrected chi connectivity index (χ4v) is 3.32. The topological polar surface area (TPSA) is 68.7 Å². The van der Waals surface area contributed by atoms with E-state index >= 15 is 0 Å². The zero-order valence-corrected chi connectivity index (χ0v) is 16.0. The standard InChI is InChI=1S/C20H16ClNO4S/c1-25-17-8-6-13(7-9-20(23)24)10-18(17)26-11-19-22-16(12-27-19)14-4-2-3-5-15(14)21/h2-10,12H,11H2,1H3,(H,23,24). The van der Waals surface area contributed by atoms with Crippen LogP contribution < -0.4 is 9.47 Å². The van der Waals surface area contributed by atoms with Gasteiger partial charge in [-0.1, -0.05) is 35.9 Å².